The lowest BCUT2D eigenvalue weighted by molar-refractivity contribution is -0.156. The van der Waals surface area contributed by atoms with Gasteiger partial charge in [0, 0.05) is 12.6 Å². The van der Waals surface area contributed by atoms with E-state index in [9.17, 15) is 18.0 Å². The second kappa shape index (κ2) is 7.45. The molecule has 0 bridgehead atoms. The molecule has 1 atom stereocenters. The summed E-state index contributed by atoms with van der Waals surface area (Å²) in [6.07, 6.45) is -2.98. The van der Waals surface area contributed by atoms with Gasteiger partial charge in [0.15, 0.2) is 0 Å². The Morgan fingerprint density at radius 2 is 2.00 bits per heavy atom. The van der Waals surface area contributed by atoms with Crippen molar-refractivity contribution in [1.29, 1.82) is 0 Å². The molecule has 0 saturated carbocycles. The van der Waals surface area contributed by atoms with E-state index >= 15 is 0 Å². The molecule has 0 aromatic heterocycles. The number of carbonyl (C=O) groups excluding carboxylic acids is 1. The van der Waals surface area contributed by atoms with Crippen LogP contribution < -0.4 is 5.32 Å². The third-order valence-corrected chi connectivity index (χ3v) is 3.90. The zero-order valence-electron chi connectivity index (χ0n) is 12.9. The quantitative estimate of drug-likeness (QED) is 0.792. The van der Waals surface area contributed by atoms with Gasteiger partial charge < -0.3 is 9.64 Å². The highest BCUT2D eigenvalue weighted by atomic mass is 19.4. The molecule has 0 aromatic carbocycles. The summed E-state index contributed by atoms with van der Waals surface area (Å²) in [6.45, 7) is 6.11. The summed E-state index contributed by atoms with van der Waals surface area (Å²) in [5.74, 6) is -0.570. The maximum atomic E-state index is 12.5. The Kier molecular flexibility index (Phi) is 6.46. The van der Waals surface area contributed by atoms with E-state index < -0.39 is 24.2 Å². The van der Waals surface area contributed by atoms with E-state index in [1.807, 2.05) is 13.8 Å². The second-order valence-electron chi connectivity index (χ2n) is 5.75. The first-order chi connectivity index (χ1) is 9.70. The van der Waals surface area contributed by atoms with Crippen LogP contribution in [0.1, 0.15) is 40.0 Å². The summed E-state index contributed by atoms with van der Waals surface area (Å²) in [4.78, 5) is 14.4. The maximum Gasteiger partial charge on any atom is 0.401 e. The molecule has 4 nitrogen and oxygen atoms in total. The Bertz CT molecular complexity index is 348. The second-order valence-corrected chi connectivity index (χ2v) is 5.75. The minimum absolute atomic E-state index is 0.169. The van der Waals surface area contributed by atoms with Crippen molar-refractivity contribution in [2.75, 3.05) is 26.2 Å². The SMILES string of the molecule is CCOC(=O)C1(NCC(F)(F)F)CCCN(C(C)C)CC1. The standard InChI is InChI=1S/C14H25F3N2O2/c1-4-21-12(20)13(18-10-14(15,16)17)6-5-8-19(9-7-13)11(2)3/h11,18H,4-10H2,1-3H3. The predicted octanol–water partition coefficient (Wildman–Crippen LogP) is 2.33. The van der Waals surface area contributed by atoms with Crippen molar-refractivity contribution in [3.8, 4) is 0 Å². The highest BCUT2D eigenvalue weighted by Gasteiger charge is 2.43. The molecular weight excluding hydrogens is 285 g/mol. The molecule has 1 heterocycles. The summed E-state index contributed by atoms with van der Waals surface area (Å²) >= 11 is 0. The van der Waals surface area contributed by atoms with E-state index in [2.05, 4.69) is 10.2 Å². The van der Waals surface area contributed by atoms with E-state index in [0.717, 1.165) is 6.54 Å². The van der Waals surface area contributed by atoms with Crippen LogP contribution in [0.25, 0.3) is 0 Å². The average molecular weight is 310 g/mol. The Balaban J connectivity index is 2.84. The molecule has 1 fully saturated rings. The number of likely N-dealkylation sites (tertiary alicyclic amines) is 1. The topological polar surface area (TPSA) is 41.6 Å². The normalized spacial score (nSPS) is 24.9. The molecule has 0 radical (unpaired) electrons. The van der Waals surface area contributed by atoms with Crippen molar-refractivity contribution in [3.05, 3.63) is 0 Å². The van der Waals surface area contributed by atoms with Crippen LogP contribution in [0.15, 0.2) is 0 Å². The van der Waals surface area contributed by atoms with Crippen molar-refractivity contribution in [3.63, 3.8) is 0 Å². The number of esters is 1. The Morgan fingerprint density at radius 1 is 1.33 bits per heavy atom. The summed E-state index contributed by atoms with van der Waals surface area (Å²) in [5, 5.41) is 2.43. The van der Waals surface area contributed by atoms with Crippen LogP contribution in [-0.2, 0) is 9.53 Å². The molecule has 1 aliphatic heterocycles. The fraction of sp³-hybridized carbons (Fsp3) is 0.929. The zero-order valence-corrected chi connectivity index (χ0v) is 12.9. The van der Waals surface area contributed by atoms with Gasteiger partial charge in [-0.25, -0.2) is 0 Å². The number of nitrogens with one attached hydrogen (secondary N) is 1. The van der Waals surface area contributed by atoms with Crippen LogP contribution in [0.2, 0.25) is 0 Å². The van der Waals surface area contributed by atoms with E-state index in [1.165, 1.54) is 0 Å². The van der Waals surface area contributed by atoms with E-state index in [1.54, 1.807) is 6.92 Å². The van der Waals surface area contributed by atoms with Crippen LogP contribution in [0.5, 0.6) is 0 Å². The molecule has 1 aliphatic rings. The first kappa shape index (κ1) is 18.2. The van der Waals surface area contributed by atoms with Gasteiger partial charge in [0.2, 0.25) is 0 Å². The number of alkyl halides is 3. The number of rotatable bonds is 5. The molecule has 1 unspecified atom stereocenters. The fourth-order valence-electron chi connectivity index (χ4n) is 2.66. The largest absolute Gasteiger partial charge is 0.465 e. The number of nitrogens with zero attached hydrogens (tertiary/aromatic N) is 1. The van der Waals surface area contributed by atoms with Gasteiger partial charge in [0.05, 0.1) is 13.2 Å². The Hall–Kier alpha value is -0.820. The third kappa shape index (κ3) is 5.47. The minimum atomic E-state index is -4.34. The van der Waals surface area contributed by atoms with Gasteiger partial charge in [0.25, 0.3) is 0 Å². The molecule has 0 aromatic rings. The van der Waals surface area contributed by atoms with Crippen molar-refractivity contribution in [2.45, 2.75) is 57.8 Å². The Morgan fingerprint density at radius 3 is 2.52 bits per heavy atom. The molecule has 1 saturated heterocycles. The molecule has 1 rings (SSSR count). The third-order valence-electron chi connectivity index (χ3n) is 3.90. The minimum Gasteiger partial charge on any atom is -0.465 e. The fourth-order valence-corrected chi connectivity index (χ4v) is 2.66. The lowest BCUT2D eigenvalue weighted by Crippen LogP contribution is -2.56. The highest BCUT2D eigenvalue weighted by molar-refractivity contribution is 5.81. The van der Waals surface area contributed by atoms with E-state index in [4.69, 9.17) is 4.74 Å². The number of halogens is 3. The van der Waals surface area contributed by atoms with Crippen molar-refractivity contribution in [1.82, 2.24) is 10.2 Å². The lowest BCUT2D eigenvalue weighted by atomic mass is 9.90. The van der Waals surface area contributed by atoms with Crippen LogP contribution in [0, 0.1) is 0 Å². The van der Waals surface area contributed by atoms with E-state index in [0.29, 0.717) is 31.8 Å². The van der Waals surface area contributed by atoms with Crippen molar-refractivity contribution >= 4 is 5.97 Å². The molecule has 0 spiro atoms. The molecule has 7 heteroatoms. The summed E-state index contributed by atoms with van der Waals surface area (Å²) in [5.41, 5.74) is -1.23. The lowest BCUT2D eigenvalue weighted by Gasteiger charge is -2.32. The number of carbonyl (C=O) groups is 1. The predicted molar refractivity (Wildman–Crippen MR) is 74.0 cm³/mol. The van der Waals surface area contributed by atoms with Gasteiger partial charge in [-0.3, -0.25) is 10.1 Å². The Labute approximate surface area is 124 Å². The molecule has 124 valence electrons. The van der Waals surface area contributed by atoms with Crippen LogP contribution in [0.3, 0.4) is 0 Å². The van der Waals surface area contributed by atoms with Crippen LogP contribution >= 0.6 is 0 Å². The first-order valence-electron chi connectivity index (χ1n) is 7.43. The van der Waals surface area contributed by atoms with Crippen molar-refractivity contribution < 1.29 is 22.7 Å². The molecule has 21 heavy (non-hydrogen) atoms. The number of hydrogen-bond donors (Lipinski definition) is 1. The number of ether oxygens (including phenoxy) is 1. The average Bonchev–Trinajstić information content (AvgIpc) is 2.59. The van der Waals surface area contributed by atoms with Crippen LogP contribution in [-0.4, -0.2) is 54.9 Å². The van der Waals surface area contributed by atoms with Gasteiger partial charge in [-0.15, -0.1) is 0 Å². The van der Waals surface area contributed by atoms with E-state index in [-0.39, 0.29) is 6.61 Å². The molecule has 0 amide bonds. The van der Waals surface area contributed by atoms with Gasteiger partial charge in [-0.05, 0) is 46.6 Å². The van der Waals surface area contributed by atoms with Gasteiger partial charge in [0.1, 0.15) is 5.54 Å². The first-order valence-corrected chi connectivity index (χ1v) is 7.43. The summed E-state index contributed by atoms with van der Waals surface area (Å²) in [7, 11) is 0. The maximum absolute atomic E-state index is 12.5. The highest BCUT2D eigenvalue weighted by Crippen LogP contribution is 2.26. The smallest absolute Gasteiger partial charge is 0.401 e. The van der Waals surface area contributed by atoms with Gasteiger partial charge in [-0.1, -0.05) is 0 Å². The van der Waals surface area contributed by atoms with Gasteiger partial charge >= 0.3 is 12.1 Å². The monoisotopic (exact) mass is 310 g/mol. The number of hydrogen-bond acceptors (Lipinski definition) is 4. The summed E-state index contributed by atoms with van der Waals surface area (Å²) in [6, 6.07) is 0.311. The van der Waals surface area contributed by atoms with Crippen molar-refractivity contribution in [2.24, 2.45) is 0 Å². The van der Waals surface area contributed by atoms with Gasteiger partial charge in [-0.2, -0.15) is 13.2 Å². The molecule has 1 N–H and O–H groups in total. The van der Waals surface area contributed by atoms with Crippen LogP contribution in [0.4, 0.5) is 13.2 Å². The zero-order chi connectivity index (χ0) is 16.1. The molecular formula is C14H25F3N2O2. The summed E-state index contributed by atoms with van der Waals surface area (Å²) < 4.78 is 42.5. The molecule has 0 aliphatic carbocycles.